The van der Waals surface area contributed by atoms with Gasteiger partial charge in [-0.05, 0) is 42.5 Å². The maximum absolute atomic E-state index is 13.1. The maximum Gasteiger partial charge on any atom is 0.349 e. The number of nitrogens with zero attached hydrogens (tertiary/aromatic N) is 1. The standard InChI is InChI=1S/C33H41NO5/c1-5-6-7-8-9-10-11-15-18-30(35)38-24-33(2,3)25-39-32(36)29(23-34)31(26-16-13-12-14-17-26)27-19-21-28(37-4)22-20-27/h5,12-14,16-17,19-22H,1,6-11,15,18,24-25H2,2-4H3. The molecule has 0 heterocycles. The number of nitriles is 1. The Labute approximate surface area is 233 Å². The average Bonchev–Trinajstić information content (AvgIpc) is 2.95. The average molecular weight is 532 g/mol. The van der Waals surface area contributed by atoms with Crippen LogP contribution >= 0.6 is 0 Å². The molecule has 39 heavy (non-hydrogen) atoms. The van der Waals surface area contributed by atoms with E-state index in [1.807, 2.05) is 56.3 Å². The molecule has 0 saturated heterocycles. The Morgan fingerprint density at radius 3 is 2.08 bits per heavy atom. The molecule has 0 N–H and O–H groups in total. The molecule has 6 nitrogen and oxygen atoms in total. The number of methoxy groups -OCH3 is 1. The molecular formula is C33H41NO5. The lowest BCUT2D eigenvalue weighted by Crippen LogP contribution is -2.29. The van der Waals surface area contributed by atoms with Crippen LogP contribution in [0.25, 0.3) is 5.57 Å². The zero-order chi connectivity index (χ0) is 28.5. The summed E-state index contributed by atoms with van der Waals surface area (Å²) in [6, 6.07) is 18.5. The number of benzene rings is 2. The van der Waals surface area contributed by atoms with Crippen LogP contribution in [0.5, 0.6) is 5.75 Å². The number of rotatable bonds is 17. The summed E-state index contributed by atoms with van der Waals surface area (Å²) < 4.78 is 16.3. The Hall–Kier alpha value is -3.85. The smallest absolute Gasteiger partial charge is 0.349 e. The van der Waals surface area contributed by atoms with Gasteiger partial charge in [0, 0.05) is 17.4 Å². The fourth-order valence-electron chi connectivity index (χ4n) is 4.01. The van der Waals surface area contributed by atoms with Crippen molar-refractivity contribution < 1.29 is 23.8 Å². The van der Waals surface area contributed by atoms with Crippen molar-refractivity contribution in [2.75, 3.05) is 20.3 Å². The number of carbonyl (C=O) groups excluding carboxylic acids is 2. The van der Waals surface area contributed by atoms with E-state index in [2.05, 4.69) is 6.58 Å². The molecule has 0 saturated carbocycles. The van der Waals surface area contributed by atoms with E-state index in [-0.39, 0.29) is 24.8 Å². The molecule has 0 aliphatic rings. The first-order valence-corrected chi connectivity index (χ1v) is 13.6. The van der Waals surface area contributed by atoms with Gasteiger partial charge < -0.3 is 14.2 Å². The van der Waals surface area contributed by atoms with E-state index < -0.39 is 11.4 Å². The van der Waals surface area contributed by atoms with Crippen LogP contribution in [-0.4, -0.2) is 32.3 Å². The number of hydrogen-bond donors (Lipinski definition) is 0. The predicted octanol–water partition coefficient (Wildman–Crippen LogP) is 7.44. The van der Waals surface area contributed by atoms with Gasteiger partial charge >= 0.3 is 11.9 Å². The zero-order valence-corrected chi connectivity index (χ0v) is 23.5. The molecule has 0 radical (unpaired) electrons. The quantitative estimate of drug-likeness (QED) is 0.0693. The molecule has 0 aromatic heterocycles. The molecule has 0 amide bonds. The van der Waals surface area contributed by atoms with E-state index in [4.69, 9.17) is 14.2 Å². The molecule has 0 spiro atoms. The van der Waals surface area contributed by atoms with Crippen LogP contribution in [0.4, 0.5) is 0 Å². The van der Waals surface area contributed by atoms with Crippen LogP contribution < -0.4 is 4.74 Å². The third kappa shape index (κ3) is 11.2. The van der Waals surface area contributed by atoms with Gasteiger partial charge in [0.1, 0.15) is 24.0 Å². The number of hydrogen-bond acceptors (Lipinski definition) is 6. The van der Waals surface area contributed by atoms with Crippen LogP contribution in [0, 0.1) is 16.7 Å². The zero-order valence-electron chi connectivity index (χ0n) is 23.5. The van der Waals surface area contributed by atoms with Crippen molar-refractivity contribution in [3.8, 4) is 11.8 Å². The molecule has 208 valence electrons. The molecule has 6 heteroatoms. The molecule has 0 bridgehead atoms. The lowest BCUT2D eigenvalue weighted by Gasteiger charge is -2.24. The van der Waals surface area contributed by atoms with Crippen molar-refractivity contribution in [3.63, 3.8) is 0 Å². The van der Waals surface area contributed by atoms with E-state index in [1.165, 1.54) is 19.3 Å². The van der Waals surface area contributed by atoms with Crippen molar-refractivity contribution in [2.24, 2.45) is 5.41 Å². The second-order valence-electron chi connectivity index (χ2n) is 10.3. The highest BCUT2D eigenvalue weighted by molar-refractivity contribution is 6.05. The summed E-state index contributed by atoms with van der Waals surface area (Å²) in [6.07, 6.45) is 9.85. The Balaban J connectivity index is 1.96. The van der Waals surface area contributed by atoms with Crippen molar-refractivity contribution in [1.29, 1.82) is 5.26 Å². The minimum atomic E-state index is -0.723. The number of carbonyl (C=O) groups is 2. The first-order chi connectivity index (χ1) is 18.8. The Morgan fingerprint density at radius 2 is 1.46 bits per heavy atom. The second kappa shape index (κ2) is 16.9. The summed E-state index contributed by atoms with van der Waals surface area (Å²) in [5.41, 5.74) is 1.20. The summed E-state index contributed by atoms with van der Waals surface area (Å²) >= 11 is 0. The largest absolute Gasteiger partial charge is 0.497 e. The molecule has 2 aromatic rings. The van der Waals surface area contributed by atoms with Gasteiger partial charge in [0.15, 0.2) is 0 Å². The van der Waals surface area contributed by atoms with Gasteiger partial charge in [-0.25, -0.2) is 4.79 Å². The normalized spacial score (nSPS) is 11.6. The van der Waals surface area contributed by atoms with Gasteiger partial charge in [-0.15, -0.1) is 6.58 Å². The lowest BCUT2D eigenvalue weighted by molar-refractivity contribution is -0.150. The van der Waals surface area contributed by atoms with Crippen LogP contribution in [0.2, 0.25) is 0 Å². The molecule has 0 atom stereocenters. The first-order valence-electron chi connectivity index (χ1n) is 13.6. The minimum Gasteiger partial charge on any atom is -0.497 e. The summed E-state index contributed by atoms with van der Waals surface area (Å²) in [4.78, 5) is 25.3. The van der Waals surface area contributed by atoms with Gasteiger partial charge in [-0.1, -0.05) is 88.1 Å². The predicted molar refractivity (Wildman–Crippen MR) is 154 cm³/mol. The highest BCUT2D eigenvalue weighted by Gasteiger charge is 2.26. The maximum atomic E-state index is 13.1. The molecular weight excluding hydrogens is 490 g/mol. The van der Waals surface area contributed by atoms with E-state index >= 15 is 0 Å². The summed E-state index contributed by atoms with van der Waals surface area (Å²) in [5, 5.41) is 9.96. The van der Waals surface area contributed by atoms with Gasteiger partial charge in [0.05, 0.1) is 13.7 Å². The fraction of sp³-hybridized carbons (Fsp3) is 0.424. The Morgan fingerprint density at radius 1 is 0.872 bits per heavy atom. The SMILES string of the molecule is C=CCCCCCCCCC(=O)OCC(C)(C)COC(=O)C(C#N)=C(c1ccccc1)c1ccc(OC)cc1. The second-order valence-corrected chi connectivity index (χ2v) is 10.3. The van der Waals surface area contributed by atoms with Crippen LogP contribution in [0.3, 0.4) is 0 Å². The van der Waals surface area contributed by atoms with Crippen LogP contribution in [-0.2, 0) is 19.1 Å². The summed E-state index contributed by atoms with van der Waals surface area (Å²) in [7, 11) is 1.58. The molecule has 2 rings (SSSR count). The molecule has 0 fully saturated rings. The molecule has 0 unspecified atom stereocenters. The van der Waals surface area contributed by atoms with Gasteiger partial charge in [-0.3, -0.25) is 4.79 Å². The monoisotopic (exact) mass is 531 g/mol. The number of esters is 2. The number of unbranched alkanes of at least 4 members (excludes halogenated alkanes) is 6. The van der Waals surface area contributed by atoms with Gasteiger partial charge in [0.25, 0.3) is 0 Å². The summed E-state index contributed by atoms with van der Waals surface area (Å²) in [6.45, 7) is 7.57. The van der Waals surface area contributed by atoms with Gasteiger partial charge in [-0.2, -0.15) is 5.26 Å². The van der Waals surface area contributed by atoms with E-state index in [0.717, 1.165) is 31.2 Å². The highest BCUT2D eigenvalue weighted by Crippen LogP contribution is 2.29. The first kappa shape index (κ1) is 31.4. The Bertz CT molecular complexity index is 1130. The summed E-state index contributed by atoms with van der Waals surface area (Å²) in [5.74, 6) is -0.299. The van der Waals surface area contributed by atoms with Crippen molar-refractivity contribution in [2.45, 2.75) is 65.2 Å². The van der Waals surface area contributed by atoms with Crippen LogP contribution in [0.1, 0.15) is 76.3 Å². The van der Waals surface area contributed by atoms with Crippen molar-refractivity contribution >= 4 is 17.5 Å². The fourth-order valence-corrected chi connectivity index (χ4v) is 4.01. The molecule has 2 aromatic carbocycles. The Kier molecular flexibility index (Phi) is 13.6. The van der Waals surface area contributed by atoms with Crippen LogP contribution in [0.15, 0.2) is 72.8 Å². The lowest BCUT2D eigenvalue weighted by atomic mass is 9.93. The molecule has 0 aliphatic heterocycles. The topological polar surface area (TPSA) is 85.6 Å². The third-order valence-corrected chi connectivity index (χ3v) is 6.26. The number of ether oxygens (including phenoxy) is 3. The van der Waals surface area contributed by atoms with Gasteiger partial charge in [0.2, 0.25) is 0 Å². The highest BCUT2D eigenvalue weighted by atomic mass is 16.5. The van der Waals surface area contributed by atoms with E-state index in [9.17, 15) is 14.9 Å². The third-order valence-electron chi connectivity index (χ3n) is 6.26. The van der Waals surface area contributed by atoms with Crippen molar-refractivity contribution in [1.82, 2.24) is 0 Å². The number of allylic oxidation sites excluding steroid dienone is 1. The molecule has 0 aliphatic carbocycles. The van der Waals surface area contributed by atoms with E-state index in [0.29, 0.717) is 23.3 Å². The van der Waals surface area contributed by atoms with E-state index in [1.54, 1.807) is 31.4 Å². The van der Waals surface area contributed by atoms with Crippen molar-refractivity contribution in [3.05, 3.63) is 84.0 Å². The minimum absolute atomic E-state index is 0.000313.